The van der Waals surface area contributed by atoms with Gasteiger partial charge in [0.05, 0.1) is 21.7 Å². The zero-order valence-corrected chi connectivity index (χ0v) is 18.1. The first-order valence-electron chi connectivity index (χ1n) is 7.74. The number of rotatable bonds is 6. The molecule has 9 heteroatoms. The Hall–Kier alpha value is -1.47. The van der Waals surface area contributed by atoms with Gasteiger partial charge >= 0.3 is 5.97 Å². The molecule has 0 radical (unpaired) electrons. The number of hydrogen-bond acceptors (Lipinski definition) is 3. The van der Waals surface area contributed by atoms with Crippen LogP contribution in [0.4, 0.5) is 5.69 Å². The molecule has 0 aliphatic heterocycles. The maximum absolute atomic E-state index is 11.7. The highest BCUT2D eigenvalue weighted by Gasteiger charge is 2.19. The highest BCUT2D eigenvalue weighted by molar-refractivity contribution is 9.10. The van der Waals surface area contributed by atoms with Crippen molar-refractivity contribution < 1.29 is 19.4 Å². The molecule has 0 fully saturated rings. The second-order valence-corrected chi connectivity index (χ2v) is 8.05. The van der Waals surface area contributed by atoms with E-state index in [-0.39, 0.29) is 21.7 Å². The van der Waals surface area contributed by atoms with E-state index in [9.17, 15) is 9.59 Å². The van der Waals surface area contributed by atoms with Crippen molar-refractivity contribution in [1.82, 2.24) is 0 Å². The molecule has 27 heavy (non-hydrogen) atoms. The lowest BCUT2D eigenvalue weighted by molar-refractivity contribution is -0.138. The molecule has 2 atom stereocenters. The van der Waals surface area contributed by atoms with Gasteiger partial charge in [-0.25, -0.2) is 0 Å². The molecule has 0 aliphatic carbocycles. The summed E-state index contributed by atoms with van der Waals surface area (Å²) in [5.41, 5.74) is 1.00. The highest BCUT2D eigenvalue weighted by Crippen LogP contribution is 2.40. The third kappa shape index (κ3) is 5.51. The average Bonchev–Trinajstić information content (AvgIpc) is 2.59. The largest absolute Gasteiger partial charge is 0.481 e. The first-order valence-corrected chi connectivity index (χ1v) is 9.72. The fraction of sp³-hybridized carbons (Fsp3) is 0.222. The Bertz CT molecular complexity index is 866. The van der Waals surface area contributed by atoms with Gasteiger partial charge in [-0.05, 0) is 65.7 Å². The second-order valence-electron chi connectivity index (χ2n) is 5.72. The van der Waals surface area contributed by atoms with Crippen molar-refractivity contribution >= 4 is 68.3 Å². The van der Waals surface area contributed by atoms with Gasteiger partial charge < -0.3 is 15.2 Å². The fourth-order valence-electron chi connectivity index (χ4n) is 2.08. The number of anilines is 1. The summed E-state index contributed by atoms with van der Waals surface area (Å²) in [6.45, 7) is 3.11. The van der Waals surface area contributed by atoms with Crippen LogP contribution in [0.2, 0.25) is 10.0 Å². The Balaban J connectivity index is 2.26. The third-order valence-electron chi connectivity index (χ3n) is 3.67. The summed E-state index contributed by atoms with van der Waals surface area (Å²) in [6, 6.07) is 7.91. The fourth-order valence-corrected chi connectivity index (χ4v) is 3.17. The van der Waals surface area contributed by atoms with Crippen molar-refractivity contribution in [3.63, 3.8) is 0 Å². The van der Waals surface area contributed by atoms with E-state index in [1.807, 2.05) is 0 Å². The van der Waals surface area contributed by atoms with Gasteiger partial charge in [-0.1, -0.05) is 23.2 Å². The number of aliphatic carboxylic acids is 1. The Morgan fingerprint density at radius 1 is 1.15 bits per heavy atom. The van der Waals surface area contributed by atoms with Crippen molar-refractivity contribution in [3.8, 4) is 11.5 Å². The lowest BCUT2D eigenvalue weighted by Crippen LogP contribution is -2.20. The van der Waals surface area contributed by atoms with Gasteiger partial charge in [0.2, 0.25) is 5.91 Å². The maximum Gasteiger partial charge on any atom is 0.310 e. The molecule has 2 unspecified atom stereocenters. The van der Waals surface area contributed by atoms with E-state index in [0.29, 0.717) is 21.5 Å². The number of nitrogens with one attached hydrogen (secondary N) is 1. The Kier molecular flexibility index (Phi) is 7.40. The highest BCUT2D eigenvalue weighted by atomic mass is 79.9. The normalized spacial score (nSPS) is 13.0. The lowest BCUT2D eigenvalue weighted by atomic mass is 10.0. The zero-order valence-electron chi connectivity index (χ0n) is 14.2. The maximum atomic E-state index is 11.7. The van der Waals surface area contributed by atoms with Crippen LogP contribution < -0.4 is 10.1 Å². The number of alkyl halides is 1. The monoisotopic (exact) mass is 493 g/mol. The summed E-state index contributed by atoms with van der Waals surface area (Å²) < 4.78 is 6.32. The van der Waals surface area contributed by atoms with E-state index in [0.717, 1.165) is 0 Å². The van der Waals surface area contributed by atoms with E-state index in [1.165, 1.54) is 19.1 Å². The first kappa shape index (κ1) is 21.8. The summed E-state index contributed by atoms with van der Waals surface area (Å²) in [5.74, 6) is -1.45. The van der Waals surface area contributed by atoms with Gasteiger partial charge in [0, 0.05) is 4.47 Å². The molecule has 0 aliphatic rings. The number of hydrogen-bond donors (Lipinski definition) is 2. The van der Waals surface area contributed by atoms with Crippen LogP contribution in [0.15, 0.2) is 34.8 Å². The van der Waals surface area contributed by atoms with Crippen molar-refractivity contribution in [3.05, 3.63) is 50.4 Å². The summed E-state index contributed by atoms with van der Waals surface area (Å²) in [5, 5.41) is 11.5. The van der Waals surface area contributed by atoms with Gasteiger partial charge in [0.25, 0.3) is 0 Å². The van der Waals surface area contributed by atoms with Crippen LogP contribution >= 0.6 is 50.7 Å². The standard InChI is InChI=1S/C18H15BrCl3NO4/c1-8(18(25)26)10-5-13(21)16(14(22)6-10)27-11-3-4-15(12(19)7-11)23-17(24)9(2)20/h3-9H,1-2H3,(H,23,24)(H,25,26). The van der Waals surface area contributed by atoms with Crippen LogP contribution in [0.5, 0.6) is 11.5 Å². The Morgan fingerprint density at radius 3 is 2.22 bits per heavy atom. The van der Waals surface area contributed by atoms with Gasteiger partial charge in [0.1, 0.15) is 11.1 Å². The van der Waals surface area contributed by atoms with Crippen LogP contribution in [0.25, 0.3) is 0 Å². The molecular weight excluding hydrogens is 480 g/mol. The summed E-state index contributed by atoms with van der Waals surface area (Å²) in [4.78, 5) is 22.8. The number of carboxylic acid groups (broad SMARTS) is 1. The van der Waals surface area contributed by atoms with Crippen LogP contribution in [0, 0.1) is 0 Å². The van der Waals surface area contributed by atoms with Crippen molar-refractivity contribution in [2.45, 2.75) is 25.1 Å². The number of halogens is 4. The van der Waals surface area contributed by atoms with Gasteiger partial charge in [0.15, 0.2) is 5.75 Å². The van der Waals surface area contributed by atoms with E-state index in [1.54, 1.807) is 25.1 Å². The minimum atomic E-state index is -0.983. The molecule has 2 aromatic rings. The molecule has 0 saturated heterocycles. The van der Waals surface area contributed by atoms with E-state index in [4.69, 9.17) is 44.6 Å². The predicted molar refractivity (Wildman–Crippen MR) is 111 cm³/mol. The molecular formula is C18H15BrCl3NO4. The second kappa shape index (κ2) is 9.15. The third-order valence-corrected chi connectivity index (χ3v) is 5.09. The lowest BCUT2D eigenvalue weighted by Gasteiger charge is -2.15. The summed E-state index contributed by atoms with van der Waals surface area (Å²) >= 11 is 21.5. The predicted octanol–water partition coefficient (Wildman–Crippen LogP) is 6.30. The SMILES string of the molecule is CC(Cl)C(=O)Nc1ccc(Oc2c(Cl)cc(C(C)C(=O)O)cc2Cl)cc1Br. The summed E-state index contributed by atoms with van der Waals surface area (Å²) in [6.07, 6.45) is 0. The minimum Gasteiger partial charge on any atom is -0.481 e. The molecule has 0 bridgehead atoms. The number of carboxylic acids is 1. The smallest absolute Gasteiger partial charge is 0.310 e. The minimum absolute atomic E-state index is 0.190. The number of amides is 1. The number of carbonyl (C=O) groups is 2. The van der Waals surface area contributed by atoms with Gasteiger partial charge in [-0.3, -0.25) is 9.59 Å². The molecule has 2 N–H and O–H groups in total. The quantitative estimate of drug-likeness (QED) is 0.461. The zero-order chi connectivity index (χ0) is 20.3. The molecule has 1 amide bonds. The van der Waals surface area contributed by atoms with E-state index in [2.05, 4.69) is 21.2 Å². The topological polar surface area (TPSA) is 75.6 Å². The molecule has 144 valence electrons. The molecule has 2 rings (SSSR count). The van der Waals surface area contributed by atoms with Crippen molar-refractivity contribution in [1.29, 1.82) is 0 Å². The van der Waals surface area contributed by atoms with Crippen molar-refractivity contribution in [2.24, 2.45) is 0 Å². The summed E-state index contributed by atoms with van der Waals surface area (Å²) in [7, 11) is 0. The van der Waals surface area contributed by atoms with Crippen LogP contribution in [0.3, 0.4) is 0 Å². The Labute approximate surface area is 179 Å². The number of ether oxygens (including phenoxy) is 1. The van der Waals surface area contributed by atoms with E-state index >= 15 is 0 Å². The number of carbonyl (C=O) groups excluding carboxylic acids is 1. The Morgan fingerprint density at radius 2 is 1.74 bits per heavy atom. The first-order chi connectivity index (χ1) is 12.6. The molecule has 0 spiro atoms. The van der Waals surface area contributed by atoms with E-state index < -0.39 is 17.3 Å². The number of benzene rings is 2. The van der Waals surface area contributed by atoms with Gasteiger partial charge in [-0.2, -0.15) is 0 Å². The van der Waals surface area contributed by atoms with Crippen LogP contribution in [-0.4, -0.2) is 22.4 Å². The molecule has 2 aromatic carbocycles. The molecule has 0 saturated carbocycles. The van der Waals surface area contributed by atoms with Crippen LogP contribution in [-0.2, 0) is 9.59 Å². The molecule has 0 heterocycles. The molecule has 5 nitrogen and oxygen atoms in total. The van der Waals surface area contributed by atoms with Crippen LogP contribution in [0.1, 0.15) is 25.3 Å². The average molecular weight is 496 g/mol. The van der Waals surface area contributed by atoms with Gasteiger partial charge in [-0.15, -0.1) is 11.6 Å². The molecule has 0 aromatic heterocycles. The van der Waals surface area contributed by atoms with Crippen molar-refractivity contribution in [2.75, 3.05) is 5.32 Å².